The molecule has 0 aliphatic carbocycles. The van der Waals surface area contributed by atoms with E-state index in [1.165, 1.54) is 0 Å². The summed E-state index contributed by atoms with van der Waals surface area (Å²) in [6.07, 6.45) is 5.73. The molecule has 2 bridgehead atoms. The van der Waals surface area contributed by atoms with Gasteiger partial charge >= 0.3 is 0 Å². The summed E-state index contributed by atoms with van der Waals surface area (Å²) in [7, 11) is 0. The Bertz CT molecular complexity index is 855. The normalized spacial score (nSPS) is 32.0. The van der Waals surface area contributed by atoms with Crippen LogP contribution in [0, 0.1) is 11.8 Å². The SMILES string of the molecule is C=CCN(CCC)C(=O)[C@@H]1[C@H]2C(=O)N(CCO)C(C(=O)N(CC=C)C(C)(C)C)C23CC[C@@]1(C)S3. The minimum absolute atomic E-state index is 0.0208. The molecule has 3 rings (SSSR count). The summed E-state index contributed by atoms with van der Waals surface area (Å²) in [5.74, 6) is -1.39. The lowest BCUT2D eigenvalue weighted by Crippen LogP contribution is -2.59. The fraction of sp³-hybridized carbons (Fsp3) is 0.731. The van der Waals surface area contributed by atoms with Crippen molar-refractivity contribution in [2.75, 3.05) is 32.8 Å². The van der Waals surface area contributed by atoms with Gasteiger partial charge in [0.05, 0.1) is 23.2 Å². The Kier molecular flexibility index (Phi) is 7.63. The van der Waals surface area contributed by atoms with Crippen LogP contribution in [0.4, 0.5) is 0 Å². The van der Waals surface area contributed by atoms with Crippen LogP contribution in [0.2, 0.25) is 0 Å². The number of aliphatic hydroxyl groups is 1. The smallest absolute Gasteiger partial charge is 0.247 e. The van der Waals surface area contributed by atoms with E-state index in [-0.39, 0.29) is 30.9 Å². The van der Waals surface area contributed by atoms with Crippen LogP contribution in [0.5, 0.6) is 0 Å². The Hall–Kier alpha value is -1.80. The molecule has 0 aromatic heterocycles. The van der Waals surface area contributed by atoms with Gasteiger partial charge in [-0.05, 0) is 47.0 Å². The quantitative estimate of drug-likeness (QED) is 0.475. The Balaban J connectivity index is 2.09. The number of likely N-dealkylation sites (tertiary alicyclic amines) is 1. The van der Waals surface area contributed by atoms with Crippen molar-refractivity contribution < 1.29 is 19.5 Å². The van der Waals surface area contributed by atoms with Gasteiger partial charge in [0.2, 0.25) is 17.7 Å². The van der Waals surface area contributed by atoms with Crippen LogP contribution < -0.4 is 0 Å². The zero-order chi connectivity index (χ0) is 25.5. The number of nitrogens with zero attached hydrogens (tertiary/aromatic N) is 3. The van der Waals surface area contributed by atoms with Crippen molar-refractivity contribution >= 4 is 29.5 Å². The van der Waals surface area contributed by atoms with Crippen molar-refractivity contribution in [3.63, 3.8) is 0 Å². The lowest BCUT2D eigenvalue weighted by Gasteiger charge is -2.42. The van der Waals surface area contributed by atoms with Crippen LogP contribution in [-0.4, -0.2) is 91.4 Å². The summed E-state index contributed by atoms with van der Waals surface area (Å²) >= 11 is 1.67. The van der Waals surface area contributed by atoms with E-state index in [9.17, 15) is 19.5 Å². The third-order valence-electron chi connectivity index (χ3n) is 7.66. The molecule has 0 saturated carbocycles. The van der Waals surface area contributed by atoms with E-state index >= 15 is 0 Å². The molecule has 7 nitrogen and oxygen atoms in total. The number of hydrogen-bond acceptors (Lipinski definition) is 5. The Labute approximate surface area is 208 Å². The van der Waals surface area contributed by atoms with E-state index in [2.05, 4.69) is 20.1 Å². The van der Waals surface area contributed by atoms with Gasteiger partial charge < -0.3 is 19.8 Å². The zero-order valence-electron chi connectivity index (χ0n) is 21.4. The molecule has 3 saturated heterocycles. The number of carbonyl (C=O) groups excluding carboxylic acids is 3. The third-order valence-corrected chi connectivity index (χ3v) is 9.65. The summed E-state index contributed by atoms with van der Waals surface area (Å²) in [6, 6.07) is -0.708. The molecular weight excluding hydrogens is 450 g/mol. The number of β-amino-alcohol motifs (C(OH)–C–C–N with tert-alkyl or cyclic N) is 1. The molecule has 0 aromatic carbocycles. The maximum Gasteiger partial charge on any atom is 0.247 e. The fourth-order valence-electron chi connectivity index (χ4n) is 6.31. The number of aliphatic hydroxyl groups excluding tert-OH is 1. The van der Waals surface area contributed by atoms with Gasteiger partial charge in [-0.25, -0.2) is 0 Å². The number of thioether (sulfide) groups is 1. The first-order chi connectivity index (χ1) is 15.9. The molecule has 3 aliphatic heterocycles. The maximum absolute atomic E-state index is 14.1. The first-order valence-electron chi connectivity index (χ1n) is 12.4. The van der Waals surface area contributed by atoms with E-state index < -0.39 is 32.9 Å². The predicted molar refractivity (Wildman–Crippen MR) is 136 cm³/mol. The van der Waals surface area contributed by atoms with Gasteiger partial charge in [0.1, 0.15) is 6.04 Å². The summed E-state index contributed by atoms with van der Waals surface area (Å²) in [6.45, 7) is 18.9. The van der Waals surface area contributed by atoms with E-state index in [0.717, 1.165) is 12.8 Å². The molecule has 2 unspecified atom stereocenters. The molecule has 5 atom stereocenters. The molecule has 34 heavy (non-hydrogen) atoms. The maximum atomic E-state index is 14.1. The van der Waals surface area contributed by atoms with Gasteiger partial charge in [-0.2, -0.15) is 0 Å². The van der Waals surface area contributed by atoms with Gasteiger partial charge in [0, 0.05) is 36.5 Å². The molecule has 3 heterocycles. The largest absolute Gasteiger partial charge is 0.395 e. The average Bonchev–Trinajstić information content (AvgIpc) is 3.32. The molecule has 3 amide bonds. The van der Waals surface area contributed by atoms with Crippen LogP contribution in [0.3, 0.4) is 0 Å². The van der Waals surface area contributed by atoms with E-state index in [1.807, 2.05) is 27.7 Å². The van der Waals surface area contributed by atoms with Crippen molar-refractivity contribution in [2.24, 2.45) is 11.8 Å². The highest BCUT2D eigenvalue weighted by Gasteiger charge is 2.77. The predicted octanol–water partition coefficient (Wildman–Crippen LogP) is 2.70. The molecule has 8 heteroatoms. The second kappa shape index (κ2) is 9.69. The lowest BCUT2D eigenvalue weighted by molar-refractivity contribution is -0.147. The zero-order valence-corrected chi connectivity index (χ0v) is 22.2. The van der Waals surface area contributed by atoms with Gasteiger partial charge in [0.15, 0.2) is 0 Å². The van der Waals surface area contributed by atoms with Gasteiger partial charge in [-0.3, -0.25) is 14.4 Å². The summed E-state index contributed by atoms with van der Waals surface area (Å²) < 4.78 is -1.07. The highest BCUT2D eigenvalue weighted by molar-refractivity contribution is 8.02. The second-order valence-electron chi connectivity index (χ2n) is 11.0. The van der Waals surface area contributed by atoms with Crippen molar-refractivity contribution in [1.29, 1.82) is 0 Å². The minimum atomic E-state index is -0.708. The van der Waals surface area contributed by atoms with E-state index in [0.29, 0.717) is 26.1 Å². The van der Waals surface area contributed by atoms with Gasteiger partial charge in [-0.15, -0.1) is 24.9 Å². The Morgan fingerprint density at radius 3 is 2.38 bits per heavy atom. The first-order valence-corrected chi connectivity index (χ1v) is 13.2. The highest BCUT2D eigenvalue weighted by Crippen LogP contribution is 2.71. The molecule has 3 aliphatic rings. The van der Waals surface area contributed by atoms with Gasteiger partial charge in [-0.1, -0.05) is 19.1 Å². The number of amides is 3. The Morgan fingerprint density at radius 2 is 1.85 bits per heavy atom. The van der Waals surface area contributed by atoms with Crippen LogP contribution >= 0.6 is 11.8 Å². The molecular formula is C26H41N3O4S. The molecule has 1 spiro atoms. The summed E-state index contributed by atoms with van der Waals surface area (Å²) in [5, 5.41) is 9.80. The Morgan fingerprint density at radius 1 is 1.21 bits per heavy atom. The van der Waals surface area contributed by atoms with E-state index in [4.69, 9.17) is 0 Å². The van der Waals surface area contributed by atoms with Gasteiger partial charge in [0.25, 0.3) is 0 Å². The third kappa shape index (κ3) is 4.11. The highest BCUT2D eigenvalue weighted by atomic mass is 32.2. The summed E-state index contributed by atoms with van der Waals surface area (Å²) in [5.41, 5.74) is -0.462. The van der Waals surface area contributed by atoms with Crippen molar-refractivity contribution in [2.45, 2.75) is 75.0 Å². The fourth-order valence-corrected chi connectivity index (χ4v) is 8.66. The number of carbonyl (C=O) groups is 3. The number of fused-ring (bicyclic) bond motifs is 1. The minimum Gasteiger partial charge on any atom is -0.395 e. The first kappa shape index (κ1) is 26.8. The number of hydrogen-bond donors (Lipinski definition) is 1. The van der Waals surface area contributed by atoms with Crippen molar-refractivity contribution in [1.82, 2.24) is 14.7 Å². The van der Waals surface area contributed by atoms with Crippen molar-refractivity contribution in [3.8, 4) is 0 Å². The molecule has 0 aromatic rings. The number of rotatable bonds is 10. The topological polar surface area (TPSA) is 81.2 Å². The molecule has 190 valence electrons. The lowest BCUT2D eigenvalue weighted by atomic mass is 9.66. The van der Waals surface area contributed by atoms with Crippen LogP contribution in [0.25, 0.3) is 0 Å². The standard InChI is InChI=1S/C26H41N3O4S/c1-8-13-27(14-9-2)21(31)18-19-22(32)28(16-17-30)20(26(19)12-11-25(18,7)34-26)23(33)29(15-10-3)24(4,5)6/h8,10,18-20,30H,1,3,9,11-17H2,2,4-7H3/t18-,19-,20?,25+,26?/m0/s1. The molecule has 0 radical (unpaired) electrons. The monoisotopic (exact) mass is 491 g/mol. The average molecular weight is 492 g/mol. The molecule has 3 fully saturated rings. The van der Waals surface area contributed by atoms with Crippen LogP contribution in [-0.2, 0) is 14.4 Å². The van der Waals surface area contributed by atoms with E-state index in [1.54, 1.807) is 38.6 Å². The van der Waals surface area contributed by atoms with Crippen molar-refractivity contribution in [3.05, 3.63) is 25.3 Å². The van der Waals surface area contributed by atoms with Crippen LogP contribution in [0.1, 0.15) is 53.9 Å². The molecule has 1 N–H and O–H groups in total. The summed E-state index contributed by atoms with van der Waals surface area (Å²) in [4.78, 5) is 47.1. The van der Waals surface area contributed by atoms with Crippen LogP contribution in [0.15, 0.2) is 25.3 Å². The second-order valence-corrected chi connectivity index (χ2v) is 12.9.